The number of nitrogens with zero attached hydrogens (tertiary/aromatic N) is 2. The summed E-state index contributed by atoms with van der Waals surface area (Å²) in [4.78, 5) is 5.69. The van der Waals surface area contributed by atoms with Crippen molar-refractivity contribution in [2.45, 2.75) is 12.5 Å². The fourth-order valence-electron chi connectivity index (χ4n) is 2.04. The van der Waals surface area contributed by atoms with Crippen LogP contribution in [0.5, 0.6) is 0 Å². The summed E-state index contributed by atoms with van der Waals surface area (Å²) in [6.45, 7) is 2.87. The van der Waals surface area contributed by atoms with Gasteiger partial charge in [-0.1, -0.05) is 0 Å². The first-order valence-corrected chi connectivity index (χ1v) is 5.42. The predicted octanol–water partition coefficient (Wildman–Crippen LogP) is 2.14. The number of hydrogen-bond donors (Lipinski definition) is 1. The summed E-state index contributed by atoms with van der Waals surface area (Å²) in [7, 11) is 0. The molecule has 1 aliphatic rings. The molecule has 7 heteroatoms. The average molecular weight is 300 g/mol. The first-order chi connectivity index (χ1) is 7.79. The van der Waals surface area contributed by atoms with E-state index in [9.17, 15) is 8.78 Å². The van der Waals surface area contributed by atoms with E-state index in [0.717, 1.165) is 13.1 Å². The SMILES string of the molecule is Cl.Cl.FC(F)[C@@H](c1ccncc1)N1CCNCC1. The van der Waals surface area contributed by atoms with E-state index >= 15 is 0 Å². The lowest BCUT2D eigenvalue weighted by molar-refractivity contribution is 0.0181. The number of nitrogens with one attached hydrogen (secondary N) is 1. The quantitative estimate of drug-likeness (QED) is 0.927. The van der Waals surface area contributed by atoms with E-state index in [4.69, 9.17) is 0 Å². The Labute approximate surface area is 118 Å². The zero-order valence-corrected chi connectivity index (χ0v) is 11.4. The summed E-state index contributed by atoms with van der Waals surface area (Å²) in [6.07, 6.45) is 0.764. The van der Waals surface area contributed by atoms with Crippen LogP contribution in [0.2, 0.25) is 0 Å². The molecular weight excluding hydrogens is 283 g/mol. The van der Waals surface area contributed by atoms with Crippen LogP contribution < -0.4 is 5.32 Å². The van der Waals surface area contributed by atoms with Crippen molar-refractivity contribution < 1.29 is 8.78 Å². The zero-order chi connectivity index (χ0) is 11.4. The van der Waals surface area contributed by atoms with Gasteiger partial charge in [-0.05, 0) is 17.7 Å². The van der Waals surface area contributed by atoms with Crippen LogP contribution in [0.4, 0.5) is 8.78 Å². The van der Waals surface area contributed by atoms with Gasteiger partial charge in [-0.25, -0.2) is 8.78 Å². The van der Waals surface area contributed by atoms with Crippen LogP contribution in [0.25, 0.3) is 0 Å². The molecule has 1 aromatic rings. The Morgan fingerprint density at radius 1 is 1.11 bits per heavy atom. The van der Waals surface area contributed by atoms with Crippen molar-refractivity contribution in [3.63, 3.8) is 0 Å². The van der Waals surface area contributed by atoms with Gasteiger partial charge in [-0.15, -0.1) is 24.8 Å². The van der Waals surface area contributed by atoms with Gasteiger partial charge in [0.2, 0.25) is 0 Å². The predicted molar refractivity (Wildman–Crippen MR) is 71.9 cm³/mol. The number of aromatic nitrogens is 1. The topological polar surface area (TPSA) is 28.2 Å². The van der Waals surface area contributed by atoms with E-state index in [2.05, 4.69) is 10.3 Å². The molecule has 0 aliphatic carbocycles. The lowest BCUT2D eigenvalue weighted by atomic mass is 10.1. The van der Waals surface area contributed by atoms with Crippen LogP contribution in [0.1, 0.15) is 11.6 Å². The Kier molecular flexibility index (Phi) is 8.35. The lowest BCUT2D eigenvalue weighted by Gasteiger charge is -2.34. The molecule has 18 heavy (non-hydrogen) atoms. The number of rotatable bonds is 3. The molecule has 0 spiro atoms. The Morgan fingerprint density at radius 3 is 2.17 bits per heavy atom. The second-order valence-corrected chi connectivity index (χ2v) is 3.85. The molecule has 1 saturated heterocycles. The fourth-order valence-corrected chi connectivity index (χ4v) is 2.04. The Morgan fingerprint density at radius 2 is 1.67 bits per heavy atom. The Balaban J connectivity index is 0.00000144. The van der Waals surface area contributed by atoms with Gasteiger partial charge >= 0.3 is 0 Å². The summed E-state index contributed by atoms with van der Waals surface area (Å²) < 4.78 is 26.2. The molecule has 0 aromatic carbocycles. The van der Waals surface area contributed by atoms with E-state index in [1.807, 2.05) is 4.90 Å². The molecule has 1 fully saturated rings. The molecule has 0 amide bonds. The van der Waals surface area contributed by atoms with Crippen LogP contribution >= 0.6 is 24.8 Å². The van der Waals surface area contributed by atoms with Crippen LogP contribution in [-0.2, 0) is 0 Å². The minimum Gasteiger partial charge on any atom is -0.314 e. The van der Waals surface area contributed by atoms with Gasteiger partial charge < -0.3 is 5.32 Å². The summed E-state index contributed by atoms with van der Waals surface area (Å²) in [5.41, 5.74) is 0.645. The number of hydrogen-bond acceptors (Lipinski definition) is 3. The van der Waals surface area contributed by atoms with Crippen LogP contribution in [0, 0.1) is 0 Å². The van der Waals surface area contributed by atoms with Gasteiger partial charge in [0, 0.05) is 38.6 Å². The van der Waals surface area contributed by atoms with E-state index in [1.165, 1.54) is 0 Å². The second kappa shape index (κ2) is 8.58. The van der Waals surface area contributed by atoms with E-state index in [0.29, 0.717) is 18.7 Å². The minimum atomic E-state index is -2.36. The summed E-state index contributed by atoms with van der Waals surface area (Å²) in [5, 5.41) is 3.16. The second-order valence-electron chi connectivity index (χ2n) is 3.85. The van der Waals surface area contributed by atoms with Gasteiger partial charge in [0.15, 0.2) is 0 Å². The Bertz CT molecular complexity index is 321. The van der Waals surface area contributed by atoms with Crippen LogP contribution in [-0.4, -0.2) is 42.5 Å². The molecule has 1 aliphatic heterocycles. The highest BCUT2D eigenvalue weighted by atomic mass is 35.5. The normalized spacial score (nSPS) is 17.7. The van der Waals surface area contributed by atoms with Gasteiger partial charge in [0.1, 0.15) is 0 Å². The third-order valence-electron chi connectivity index (χ3n) is 2.83. The molecular formula is C11H17Cl2F2N3. The largest absolute Gasteiger partial charge is 0.314 e. The maximum absolute atomic E-state index is 13.1. The van der Waals surface area contributed by atoms with Crippen molar-refractivity contribution >= 4 is 24.8 Å². The highest BCUT2D eigenvalue weighted by Crippen LogP contribution is 2.27. The molecule has 1 atom stereocenters. The maximum atomic E-state index is 13.1. The summed E-state index contributed by atoms with van der Waals surface area (Å²) in [5.74, 6) is 0. The van der Waals surface area contributed by atoms with Crippen molar-refractivity contribution in [2.75, 3.05) is 26.2 Å². The van der Waals surface area contributed by atoms with Crippen molar-refractivity contribution in [3.05, 3.63) is 30.1 Å². The van der Waals surface area contributed by atoms with Crippen LogP contribution in [0.15, 0.2) is 24.5 Å². The zero-order valence-electron chi connectivity index (χ0n) is 9.76. The summed E-state index contributed by atoms with van der Waals surface area (Å²) >= 11 is 0. The first-order valence-electron chi connectivity index (χ1n) is 5.42. The highest BCUT2D eigenvalue weighted by Gasteiger charge is 2.29. The minimum absolute atomic E-state index is 0. The molecule has 0 saturated carbocycles. The molecule has 0 bridgehead atoms. The molecule has 1 aromatic heterocycles. The third-order valence-corrected chi connectivity index (χ3v) is 2.83. The summed E-state index contributed by atoms with van der Waals surface area (Å²) in [6, 6.07) is 2.53. The average Bonchev–Trinajstić information content (AvgIpc) is 2.31. The number of pyridine rings is 1. The van der Waals surface area contributed by atoms with Crippen LogP contribution in [0.3, 0.4) is 0 Å². The molecule has 0 unspecified atom stereocenters. The molecule has 3 nitrogen and oxygen atoms in total. The first kappa shape index (κ1) is 17.5. The molecule has 104 valence electrons. The maximum Gasteiger partial charge on any atom is 0.258 e. The van der Waals surface area contributed by atoms with Crippen molar-refractivity contribution in [3.8, 4) is 0 Å². The number of halogens is 4. The van der Waals surface area contributed by atoms with E-state index in [-0.39, 0.29) is 24.8 Å². The molecule has 1 N–H and O–H groups in total. The standard InChI is InChI=1S/C11H15F2N3.2ClH/c12-11(13)10(9-1-3-14-4-2-9)16-7-5-15-6-8-16;;/h1-4,10-11,15H,5-8H2;2*1H/t10-;;/m1../s1. The van der Waals surface area contributed by atoms with E-state index < -0.39 is 12.5 Å². The van der Waals surface area contributed by atoms with Gasteiger partial charge in [-0.3, -0.25) is 9.88 Å². The lowest BCUT2D eigenvalue weighted by Crippen LogP contribution is -2.46. The number of piperazine rings is 1. The smallest absolute Gasteiger partial charge is 0.258 e. The fraction of sp³-hybridized carbons (Fsp3) is 0.545. The van der Waals surface area contributed by atoms with Gasteiger partial charge in [0.25, 0.3) is 6.43 Å². The van der Waals surface area contributed by atoms with Crippen molar-refractivity contribution in [1.82, 2.24) is 15.2 Å². The molecule has 2 rings (SSSR count). The van der Waals surface area contributed by atoms with Gasteiger partial charge in [0.05, 0.1) is 6.04 Å². The Hall–Kier alpha value is -0.490. The van der Waals surface area contributed by atoms with Crippen molar-refractivity contribution in [1.29, 1.82) is 0 Å². The molecule has 0 radical (unpaired) electrons. The van der Waals surface area contributed by atoms with Crippen molar-refractivity contribution in [2.24, 2.45) is 0 Å². The third kappa shape index (κ3) is 4.31. The highest BCUT2D eigenvalue weighted by molar-refractivity contribution is 5.85. The number of alkyl halides is 2. The molecule has 2 heterocycles. The monoisotopic (exact) mass is 299 g/mol. The van der Waals surface area contributed by atoms with E-state index in [1.54, 1.807) is 24.5 Å². The van der Waals surface area contributed by atoms with Gasteiger partial charge in [-0.2, -0.15) is 0 Å².